The standard InChI is InChI=1S/C19H26ClNO3/c1-19(2,3)24-18(22)21-10-14-8-16(9-15(14)11-21)23-12-13-6-4-5-7-17(13)20/h4-7,14-16H,8-12H2,1-3H3/t14-,15?,16?/m0/s1. The first-order valence-corrected chi connectivity index (χ1v) is 9.02. The van der Waals surface area contributed by atoms with E-state index in [0.717, 1.165) is 36.5 Å². The van der Waals surface area contributed by atoms with Crippen LogP contribution in [0.2, 0.25) is 5.02 Å². The van der Waals surface area contributed by atoms with Crippen LogP contribution in [0.1, 0.15) is 39.2 Å². The van der Waals surface area contributed by atoms with Crippen molar-refractivity contribution in [2.24, 2.45) is 11.8 Å². The molecule has 2 unspecified atom stereocenters. The average Bonchev–Trinajstić information content (AvgIpc) is 3.03. The molecule has 0 spiro atoms. The third kappa shape index (κ3) is 4.22. The fourth-order valence-corrected chi connectivity index (χ4v) is 3.87. The summed E-state index contributed by atoms with van der Waals surface area (Å²) in [7, 11) is 0. The molecule has 2 fully saturated rings. The van der Waals surface area contributed by atoms with Gasteiger partial charge in [0.2, 0.25) is 0 Å². The highest BCUT2D eigenvalue weighted by Gasteiger charge is 2.43. The van der Waals surface area contributed by atoms with Crippen LogP contribution in [-0.4, -0.2) is 35.8 Å². The Morgan fingerprint density at radius 2 is 1.83 bits per heavy atom. The van der Waals surface area contributed by atoms with Gasteiger partial charge in [-0.3, -0.25) is 0 Å². The molecular formula is C19H26ClNO3. The molecule has 0 bridgehead atoms. The number of likely N-dealkylation sites (tertiary alicyclic amines) is 1. The van der Waals surface area contributed by atoms with Crippen LogP contribution < -0.4 is 0 Å². The molecule has 0 radical (unpaired) electrons. The largest absolute Gasteiger partial charge is 0.444 e. The Labute approximate surface area is 149 Å². The van der Waals surface area contributed by atoms with E-state index in [1.807, 2.05) is 49.9 Å². The zero-order valence-corrected chi connectivity index (χ0v) is 15.4. The molecule has 1 saturated carbocycles. The summed E-state index contributed by atoms with van der Waals surface area (Å²) in [4.78, 5) is 14.0. The number of hydrogen-bond acceptors (Lipinski definition) is 3. The molecule has 24 heavy (non-hydrogen) atoms. The molecule has 0 N–H and O–H groups in total. The monoisotopic (exact) mass is 351 g/mol. The summed E-state index contributed by atoms with van der Waals surface area (Å²) >= 11 is 6.17. The van der Waals surface area contributed by atoms with Crippen LogP contribution in [0.3, 0.4) is 0 Å². The van der Waals surface area contributed by atoms with Gasteiger partial charge in [0.15, 0.2) is 0 Å². The van der Waals surface area contributed by atoms with Crippen LogP contribution in [0.15, 0.2) is 24.3 Å². The number of hydrogen-bond donors (Lipinski definition) is 0. The third-order valence-corrected chi connectivity index (χ3v) is 5.16. The summed E-state index contributed by atoms with van der Waals surface area (Å²) in [5.41, 5.74) is 0.599. The first kappa shape index (κ1) is 17.6. The maximum atomic E-state index is 12.2. The number of nitrogens with zero attached hydrogens (tertiary/aromatic N) is 1. The molecule has 132 valence electrons. The first-order valence-electron chi connectivity index (χ1n) is 8.65. The highest BCUT2D eigenvalue weighted by atomic mass is 35.5. The van der Waals surface area contributed by atoms with Gasteiger partial charge in [0.1, 0.15) is 5.60 Å². The molecule has 1 saturated heterocycles. The SMILES string of the molecule is CC(C)(C)OC(=O)N1CC2CC(OCc3ccccc3Cl)C[C@H]2C1. The summed E-state index contributed by atoms with van der Waals surface area (Å²) < 4.78 is 11.5. The molecule has 3 rings (SSSR count). The second-order valence-electron chi connectivity index (χ2n) is 7.90. The van der Waals surface area contributed by atoms with Crippen molar-refractivity contribution in [2.45, 2.75) is 51.9 Å². The number of ether oxygens (including phenoxy) is 2. The Balaban J connectivity index is 1.47. The van der Waals surface area contributed by atoms with Crippen molar-refractivity contribution >= 4 is 17.7 Å². The third-order valence-electron chi connectivity index (χ3n) is 4.79. The van der Waals surface area contributed by atoms with Crippen molar-refractivity contribution in [3.63, 3.8) is 0 Å². The number of carbonyl (C=O) groups excluding carboxylic acids is 1. The van der Waals surface area contributed by atoms with E-state index in [-0.39, 0.29) is 12.2 Å². The smallest absolute Gasteiger partial charge is 0.410 e. The highest BCUT2D eigenvalue weighted by molar-refractivity contribution is 6.31. The zero-order valence-electron chi connectivity index (χ0n) is 14.6. The minimum atomic E-state index is -0.435. The summed E-state index contributed by atoms with van der Waals surface area (Å²) in [6.07, 6.45) is 2.09. The maximum Gasteiger partial charge on any atom is 0.410 e. The fourth-order valence-electron chi connectivity index (χ4n) is 3.68. The van der Waals surface area contributed by atoms with Crippen molar-refractivity contribution in [3.8, 4) is 0 Å². The van der Waals surface area contributed by atoms with Crippen LogP contribution >= 0.6 is 11.6 Å². The molecule has 1 aliphatic carbocycles. The van der Waals surface area contributed by atoms with Gasteiger partial charge in [-0.1, -0.05) is 29.8 Å². The molecule has 0 aromatic heterocycles. The molecule has 3 atom stereocenters. The fraction of sp³-hybridized carbons (Fsp3) is 0.632. The van der Waals surface area contributed by atoms with E-state index in [9.17, 15) is 4.79 Å². The molecule has 2 aliphatic rings. The van der Waals surface area contributed by atoms with Crippen molar-refractivity contribution in [1.82, 2.24) is 4.90 Å². The lowest BCUT2D eigenvalue weighted by molar-refractivity contribution is 0.0205. The predicted octanol–water partition coefficient (Wildman–Crippen LogP) is 4.50. The van der Waals surface area contributed by atoms with Crippen molar-refractivity contribution < 1.29 is 14.3 Å². The molecule has 4 nitrogen and oxygen atoms in total. The minimum Gasteiger partial charge on any atom is -0.444 e. The van der Waals surface area contributed by atoms with E-state index >= 15 is 0 Å². The Hall–Kier alpha value is -1.26. The van der Waals surface area contributed by atoms with Gasteiger partial charge < -0.3 is 14.4 Å². The van der Waals surface area contributed by atoms with Crippen LogP contribution in [-0.2, 0) is 16.1 Å². The van der Waals surface area contributed by atoms with Crippen LogP contribution in [0, 0.1) is 11.8 Å². The summed E-state index contributed by atoms with van der Waals surface area (Å²) in [6.45, 7) is 7.83. The minimum absolute atomic E-state index is 0.189. The predicted molar refractivity (Wildman–Crippen MR) is 94.1 cm³/mol. The lowest BCUT2D eigenvalue weighted by atomic mass is 10.0. The quantitative estimate of drug-likeness (QED) is 0.804. The number of rotatable bonds is 3. The number of amides is 1. The van der Waals surface area contributed by atoms with Gasteiger partial charge in [-0.05, 0) is 57.1 Å². The second kappa shape index (κ2) is 6.93. The van der Waals surface area contributed by atoms with E-state index < -0.39 is 5.60 Å². The van der Waals surface area contributed by atoms with Crippen LogP contribution in [0.4, 0.5) is 4.79 Å². The molecule has 5 heteroatoms. The highest BCUT2D eigenvalue weighted by Crippen LogP contribution is 2.40. The molecule has 1 amide bonds. The van der Waals surface area contributed by atoms with Gasteiger partial charge in [0.25, 0.3) is 0 Å². The van der Waals surface area contributed by atoms with E-state index in [2.05, 4.69) is 0 Å². The topological polar surface area (TPSA) is 38.8 Å². The Morgan fingerprint density at radius 3 is 2.42 bits per heavy atom. The normalized spacial score (nSPS) is 26.5. The Morgan fingerprint density at radius 1 is 1.21 bits per heavy atom. The molecule has 1 heterocycles. The van der Waals surface area contributed by atoms with Gasteiger partial charge in [-0.2, -0.15) is 0 Å². The number of benzene rings is 1. The molecule has 1 aromatic carbocycles. The Kier molecular flexibility index (Phi) is 5.07. The molecule has 1 aliphatic heterocycles. The lowest BCUT2D eigenvalue weighted by Gasteiger charge is -2.25. The Bertz CT molecular complexity index is 585. The number of fused-ring (bicyclic) bond motifs is 1. The zero-order chi connectivity index (χ0) is 17.3. The van der Waals surface area contributed by atoms with E-state index in [1.54, 1.807) is 0 Å². The lowest BCUT2D eigenvalue weighted by Crippen LogP contribution is -2.36. The van der Waals surface area contributed by atoms with Gasteiger partial charge in [-0.15, -0.1) is 0 Å². The van der Waals surface area contributed by atoms with Crippen molar-refractivity contribution in [2.75, 3.05) is 13.1 Å². The maximum absolute atomic E-state index is 12.2. The van der Waals surface area contributed by atoms with E-state index in [4.69, 9.17) is 21.1 Å². The van der Waals surface area contributed by atoms with Gasteiger partial charge >= 0.3 is 6.09 Å². The number of carbonyl (C=O) groups is 1. The van der Waals surface area contributed by atoms with Crippen molar-refractivity contribution in [1.29, 1.82) is 0 Å². The average molecular weight is 352 g/mol. The first-order chi connectivity index (χ1) is 11.3. The van der Waals surface area contributed by atoms with Gasteiger partial charge in [0, 0.05) is 18.1 Å². The van der Waals surface area contributed by atoms with Gasteiger partial charge in [-0.25, -0.2) is 4.79 Å². The summed E-state index contributed by atoms with van der Waals surface area (Å²) in [5.74, 6) is 1.04. The number of halogens is 1. The second-order valence-corrected chi connectivity index (χ2v) is 8.31. The summed E-state index contributed by atoms with van der Waals surface area (Å²) in [5, 5.41) is 0.756. The van der Waals surface area contributed by atoms with Crippen LogP contribution in [0.25, 0.3) is 0 Å². The van der Waals surface area contributed by atoms with E-state index in [0.29, 0.717) is 18.4 Å². The summed E-state index contributed by atoms with van der Waals surface area (Å²) in [6, 6.07) is 7.80. The van der Waals surface area contributed by atoms with Gasteiger partial charge in [0.05, 0.1) is 12.7 Å². The van der Waals surface area contributed by atoms with E-state index in [1.165, 1.54) is 0 Å². The van der Waals surface area contributed by atoms with Crippen LogP contribution in [0.5, 0.6) is 0 Å². The molecule has 1 aromatic rings. The van der Waals surface area contributed by atoms with Crippen molar-refractivity contribution in [3.05, 3.63) is 34.9 Å². The molecular weight excluding hydrogens is 326 g/mol.